The van der Waals surface area contributed by atoms with Crippen molar-refractivity contribution in [3.05, 3.63) is 70.4 Å². The first-order chi connectivity index (χ1) is 11.0. The molecule has 0 aliphatic heterocycles. The molecule has 0 unspecified atom stereocenters. The van der Waals surface area contributed by atoms with E-state index in [9.17, 15) is 18.4 Å². The number of methoxy groups -OCH3 is 1. The van der Waals surface area contributed by atoms with Crippen molar-refractivity contribution in [3.63, 3.8) is 0 Å². The SMILES string of the molecule is COc1cccc(CC2=CC(=O)c3c(F)ccc(F)c3C2=O)n1. The van der Waals surface area contributed by atoms with Gasteiger partial charge in [-0.1, -0.05) is 6.07 Å². The summed E-state index contributed by atoms with van der Waals surface area (Å²) < 4.78 is 32.6. The highest BCUT2D eigenvalue weighted by atomic mass is 19.1. The normalized spacial score (nSPS) is 13.6. The highest BCUT2D eigenvalue weighted by molar-refractivity contribution is 6.24. The molecule has 2 aromatic rings. The monoisotopic (exact) mass is 315 g/mol. The smallest absolute Gasteiger partial charge is 0.213 e. The number of rotatable bonds is 3. The molecule has 0 spiro atoms. The summed E-state index contributed by atoms with van der Waals surface area (Å²) in [6, 6.07) is 6.65. The molecule has 1 aromatic heterocycles. The molecular formula is C17H11F2NO3. The van der Waals surface area contributed by atoms with Gasteiger partial charge in [0, 0.05) is 23.8 Å². The average molecular weight is 315 g/mol. The van der Waals surface area contributed by atoms with Crippen molar-refractivity contribution in [2.24, 2.45) is 0 Å². The fourth-order valence-electron chi connectivity index (χ4n) is 2.47. The second kappa shape index (κ2) is 5.72. The molecule has 0 radical (unpaired) electrons. The third kappa shape index (κ3) is 2.63. The van der Waals surface area contributed by atoms with E-state index in [1.54, 1.807) is 18.2 Å². The van der Waals surface area contributed by atoms with Gasteiger partial charge >= 0.3 is 0 Å². The first-order valence-electron chi connectivity index (χ1n) is 6.78. The summed E-state index contributed by atoms with van der Waals surface area (Å²) in [4.78, 5) is 28.6. The Kier molecular flexibility index (Phi) is 3.73. The van der Waals surface area contributed by atoms with Gasteiger partial charge in [0.15, 0.2) is 11.6 Å². The minimum absolute atomic E-state index is 0.0250. The fraction of sp³-hybridized carbons (Fsp3) is 0.118. The van der Waals surface area contributed by atoms with E-state index in [0.29, 0.717) is 11.6 Å². The minimum Gasteiger partial charge on any atom is -0.481 e. The van der Waals surface area contributed by atoms with Crippen LogP contribution >= 0.6 is 0 Å². The Morgan fingerprint density at radius 1 is 1.04 bits per heavy atom. The molecule has 0 fully saturated rings. The standard InChI is InChI=1S/C17H11F2NO3/c1-23-14-4-2-3-10(20-14)7-9-8-13(21)15-11(18)5-6-12(19)16(15)17(9)22/h2-6,8H,7H2,1H3. The number of aromatic nitrogens is 1. The summed E-state index contributed by atoms with van der Waals surface area (Å²) in [6.07, 6.45) is 1.06. The van der Waals surface area contributed by atoms with Crippen LogP contribution in [0.3, 0.4) is 0 Å². The van der Waals surface area contributed by atoms with Crippen LogP contribution in [0.15, 0.2) is 42.0 Å². The molecule has 0 saturated carbocycles. The Morgan fingerprint density at radius 2 is 1.74 bits per heavy atom. The fourth-order valence-corrected chi connectivity index (χ4v) is 2.47. The van der Waals surface area contributed by atoms with E-state index in [0.717, 1.165) is 18.2 Å². The third-order valence-electron chi connectivity index (χ3n) is 3.54. The van der Waals surface area contributed by atoms with Crippen LogP contribution in [0.4, 0.5) is 8.78 Å². The van der Waals surface area contributed by atoms with Gasteiger partial charge in [0.25, 0.3) is 0 Å². The second-order valence-electron chi connectivity index (χ2n) is 4.99. The van der Waals surface area contributed by atoms with Crippen LogP contribution in [0.5, 0.6) is 5.88 Å². The number of nitrogens with zero attached hydrogens (tertiary/aromatic N) is 1. The van der Waals surface area contributed by atoms with Crippen molar-refractivity contribution in [1.82, 2.24) is 4.98 Å². The molecule has 116 valence electrons. The lowest BCUT2D eigenvalue weighted by Crippen LogP contribution is -2.21. The molecule has 1 aromatic carbocycles. The number of Topliss-reactive ketones (excluding diaryl/α,β-unsaturated/α-hetero) is 1. The number of halogens is 2. The Morgan fingerprint density at radius 3 is 2.43 bits per heavy atom. The van der Waals surface area contributed by atoms with E-state index in [4.69, 9.17) is 4.74 Å². The van der Waals surface area contributed by atoms with E-state index in [1.165, 1.54) is 7.11 Å². The molecule has 0 amide bonds. The quantitative estimate of drug-likeness (QED) is 0.874. The van der Waals surface area contributed by atoms with E-state index in [1.807, 2.05) is 0 Å². The zero-order valence-corrected chi connectivity index (χ0v) is 12.1. The van der Waals surface area contributed by atoms with Gasteiger partial charge in [0.05, 0.1) is 18.2 Å². The molecule has 1 heterocycles. The number of ether oxygens (including phenoxy) is 1. The predicted octanol–water partition coefficient (Wildman–Crippen LogP) is 2.92. The second-order valence-corrected chi connectivity index (χ2v) is 4.99. The van der Waals surface area contributed by atoms with Crippen LogP contribution in [-0.2, 0) is 6.42 Å². The lowest BCUT2D eigenvalue weighted by molar-refractivity contribution is 0.0975. The van der Waals surface area contributed by atoms with E-state index >= 15 is 0 Å². The molecule has 6 heteroatoms. The Labute approximate surface area is 130 Å². The van der Waals surface area contributed by atoms with Gasteiger partial charge in [-0.3, -0.25) is 9.59 Å². The maximum Gasteiger partial charge on any atom is 0.213 e. The zero-order valence-electron chi connectivity index (χ0n) is 12.1. The maximum absolute atomic E-state index is 13.9. The van der Waals surface area contributed by atoms with E-state index < -0.39 is 34.3 Å². The zero-order chi connectivity index (χ0) is 16.6. The van der Waals surface area contributed by atoms with E-state index in [2.05, 4.69) is 4.98 Å². The minimum atomic E-state index is -0.913. The predicted molar refractivity (Wildman–Crippen MR) is 77.6 cm³/mol. The highest BCUT2D eigenvalue weighted by Crippen LogP contribution is 2.27. The van der Waals surface area contributed by atoms with Crippen LogP contribution in [0.25, 0.3) is 0 Å². The average Bonchev–Trinajstić information content (AvgIpc) is 2.54. The number of hydrogen-bond donors (Lipinski definition) is 0. The van der Waals surface area contributed by atoms with Gasteiger partial charge in [0.2, 0.25) is 5.88 Å². The van der Waals surface area contributed by atoms with Crippen LogP contribution in [-0.4, -0.2) is 23.7 Å². The Hall–Kier alpha value is -2.89. The first-order valence-corrected chi connectivity index (χ1v) is 6.78. The number of carbonyl (C=O) groups is 2. The molecule has 3 rings (SSSR count). The van der Waals surface area contributed by atoms with Gasteiger partial charge in [-0.05, 0) is 24.3 Å². The summed E-state index contributed by atoms with van der Waals surface area (Å²) >= 11 is 0. The summed E-state index contributed by atoms with van der Waals surface area (Å²) in [6.45, 7) is 0. The van der Waals surface area contributed by atoms with Gasteiger partial charge in [-0.2, -0.15) is 0 Å². The molecule has 1 aliphatic carbocycles. The van der Waals surface area contributed by atoms with Gasteiger partial charge in [0.1, 0.15) is 11.6 Å². The number of benzene rings is 1. The maximum atomic E-state index is 13.9. The van der Waals surface area contributed by atoms with Crippen LogP contribution in [0.1, 0.15) is 26.4 Å². The molecule has 1 aliphatic rings. The molecule has 0 atom stereocenters. The van der Waals surface area contributed by atoms with Crippen molar-refractivity contribution in [2.45, 2.75) is 6.42 Å². The lowest BCUT2D eigenvalue weighted by atomic mass is 9.87. The summed E-state index contributed by atoms with van der Waals surface area (Å²) in [5, 5.41) is 0. The molecule has 4 nitrogen and oxygen atoms in total. The van der Waals surface area contributed by atoms with Crippen molar-refractivity contribution in [3.8, 4) is 5.88 Å². The number of pyridine rings is 1. The van der Waals surface area contributed by atoms with E-state index in [-0.39, 0.29) is 12.0 Å². The van der Waals surface area contributed by atoms with Crippen LogP contribution in [0.2, 0.25) is 0 Å². The molecule has 0 saturated heterocycles. The number of allylic oxidation sites excluding steroid dienone is 2. The lowest BCUT2D eigenvalue weighted by Gasteiger charge is -2.16. The first kappa shape index (κ1) is 15.0. The van der Waals surface area contributed by atoms with Crippen molar-refractivity contribution in [1.29, 1.82) is 0 Å². The van der Waals surface area contributed by atoms with Gasteiger partial charge in [-0.25, -0.2) is 13.8 Å². The largest absolute Gasteiger partial charge is 0.481 e. The molecule has 0 N–H and O–H groups in total. The van der Waals surface area contributed by atoms with Gasteiger partial charge < -0.3 is 4.74 Å². The van der Waals surface area contributed by atoms with Crippen molar-refractivity contribution in [2.75, 3.05) is 7.11 Å². The number of fused-ring (bicyclic) bond motifs is 1. The highest BCUT2D eigenvalue weighted by Gasteiger charge is 2.31. The van der Waals surface area contributed by atoms with Crippen LogP contribution < -0.4 is 4.74 Å². The summed E-state index contributed by atoms with van der Waals surface area (Å²) in [7, 11) is 1.45. The third-order valence-corrected chi connectivity index (χ3v) is 3.54. The molecule has 0 bridgehead atoms. The molecular weight excluding hydrogens is 304 g/mol. The number of ketones is 2. The Bertz CT molecular complexity index is 859. The Balaban J connectivity index is 2.01. The number of hydrogen-bond acceptors (Lipinski definition) is 4. The summed E-state index contributed by atoms with van der Waals surface area (Å²) in [5.41, 5.74) is -0.488. The molecule has 23 heavy (non-hydrogen) atoms. The van der Waals surface area contributed by atoms with Crippen LogP contribution in [0, 0.1) is 11.6 Å². The van der Waals surface area contributed by atoms with Crippen molar-refractivity contribution < 1.29 is 23.1 Å². The number of carbonyl (C=O) groups excluding carboxylic acids is 2. The summed E-state index contributed by atoms with van der Waals surface area (Å²) in [5.74, 6) is -2.90. The van der Waals surface area contributed by atoms with Crippen molar-refractivity contribution >= 4 is 11.6 Å². The topological polar surface area (TPSA) is 56.3 Å². The van der Waals surface area contributed by atoms with Gasteiger partial charge in [-0.15, -0.1) is 0 Å².